The Hall–Kier alpha value is -1.57. The summed E-state index contributed by atoms with van der Waals surface area (Å²) >= 11 is 0. The summed E-state index contributed by atoms with van der Waals surface area (Å²) in [6, 6.07) is 10.0. The van der Waals surface area contributed by atoms with Gasteiger partial charge in [-0.3, -0.25) is 4.79 Å². The fourth-order valence-electron chi connectivity index (χ4n) is 3.24. The van der Waals surface area contributed by atoms with E-state index in [0.29, 0.717) is 6.42 Å². The highest BCUT2D eigenvalue weighted by Gasteiger charge is 1.97. The van der Waals surface area contributed by atoms with Crippen LogP contribution < -0.4 is 0 Å². The molecule has 0 saturated heterocycles. The van der Waals surface area contributed by atoms with Crippen LogP contribution in [0.25, 0.3) is 6.08 Å². The molecule has 1 rings (SSSR count). The zero-order valence-electron chi connectivity index (χ0n) is 18.3. The first-order chi connectivity index (χ1) is 13.7. The first kappa shape index (κ1) is 26.4. The Morgan fingerprint density at radius 1 is 0.750 bits per heavy atom. The van der Waals surface area contributed by atoms with Gasteiger partial charge in [0.15, 0.2) is 0 Å². The van der Waals surface area contributed by atoms with E-state index in [9.17, 15) is 4.79 Å². The molecule has 160 valence electrons. The molecule has 0 aliphatic rings. The van der Waals surface area contributed by atoms with E-state index < -0.39 is 5.97 Å². The van der Waals surface area contributed by atoms with Crippen LogP contribution in [0.4, 0.5) is 0 Å². The molecule has 0 spiro atoms. The number of carboxylic acid groups (broad SMARTS) is 1. The summed E-state index contributed by atoms with van der Waals surface area (Å²) in [6.07, 6.45) is 22.0. The molecule has 0 aliphatic carbocycles. The Labute approximate surface area is 174 Å². The molecule has 0 unspecified atom stereocenters. The van der Waals surface area contributed by atoms with E-state index in [4.69, 9.17) is 5.11 Å². The molecule has 0 heterocycles. The molecular weight excluding hydrogens is 344 g/mol. The molecule has 0 bridgehead atoms. The number of carboxylic acids is 1. The molecule has 1 N–H and O–H groups in total. The third-order valence-corrected chi connectivity index (χ3v) is 5.03. The maximum absolute atomic E-state index is 10.3. The normalized spacial score (nSPS) is 10.2. The molecule has 2 nitrogen and oxygen atoms in total. The summed E-state index contributed by atoms with van der Waals surface area (Å²) in [4.78, 5) is 10.3. The van der Waals surface area contributed by atoms with E-state index in [1.54, 1.807) is 0 Å². The van der Waals surface area contributed by atoms with Gasteiger partial charge in [0.1, 0.15) is 0 Å². The summed E-state index contributed by atoms with van der Waals surface area (Å²) in [5, 5.41) is 8.52. The van der Waals surface area contributed by atoms with Crippen molar-refractivity contribution in [3.05, 3.63) is 42.5 Å². The van der Waals surface area contributed by atoms with Crippen LogP contribution in [0.5, 0.6) is 0 Å². The van der Waals surface area contributed by atoms with Gasteiger partial charge >= 0.3 is 5.97 Å². The number of hydrogen-bond acceptors (Lipinski definition) is 1. The fraction of sp³-hybridized carbons (Fsp3) is 0.654. The average molecular weight is 389 g/mol. The van der Waals surface area contributed by atoms with Crippen molar-refractivity contribution in [3.8, 4) is 0 Å². The van der Waals surface area contributed by atoms with Crippen LogP contribution in [0.1, 0.15) is 115 Å². The second kappa shape index (κ2) is 21.7. The minimum Gasteiger partial charge on any atom is -0.481 e. The molecule has 2 heteroatoms. The quantitative estimate of drug-likeness (QED) is 0.271. The minimum atomic E-state index is -0.653. The van der Waals surface area contributed by atoms with E-state index in [1.165, 1.54) is 89.0 Å². The number of unbranched alkanes of at least 4 members (excludes halogenated alkanes) is 14. The molecule has 28 heavy (non-hydrogen) atoms. The van der Waals surface area contributed by atoms with Gasteiger partial charge in [-0.05, 0) is 12.0 Å². The van der Waals surface area contributed by atoms with E-state index in [1.807, 2.05) is 36.4 Å². The molecule has 0 atom stereocenters. The van der Waals surface area contributed by atoms with E-state index in [-0.39, 0.29) is 0 Å². The zero-order chi connectivity index (χ0) is 20.7. The minimum absolute atomic E-state index is 0.345. The van der Waals surface area contributed by atoms with Crippen molar-refractivity contribution in [1.29, 1.82) is 0 Å². The van der Waals surface area contributed by atoms with Gasteiger partial charge in [-0.1, -0.05) is 140 Å². The maximum atomic E-state index is 10.3. The standard InChI is InChI=1S/C18H36O2.C8H8/c1-2-3-4-5-6-7-8-9-10-11-12-13-14-15-16-17-18(19)20;1-2-8-6-4-3-5-7-8/h2-17H2,1H3,(H,19,20);2-7H,1H2. The maximum Gasteiger partial charge on any atom is 0.303 e. The second-order valence-electron chi connectivity index (χ2n) is 7.71. The number of benzene rings is 1. The van der Waals surface area contributed by atoms with Crippen molar-refractivity contribution in [1.82, 2.24) is 0 Å². The van der Waals surface area contributed by atoms with Crippen LogP contribution in [0.2, 0.25) is 0 Å². The van der Waals surface area contributed by atoms with Crippen LogP contribution in [-0.2, 0) is 4.79 Å². The Balaban J connectivity index is 0.000000749. The summed E-state index contributed by atoms with van der Waals surface area (Å²) in [5.74, 6) is -0.653. The highest BCUT2D eigenvalue weighted by atomic mass is 16.4. The van der Waals surface area contributed by atoms with Gasteiger partial charge in [0.25, 0.3) is 0 Å². The van der Waals surface area contributed by atoms with Gasteiger partial charge < -0.3 is 5.11 Å². The largest absolute Gasteiger partial charge is 0.481 e. The van der Waals surface area contributed by atoms with Crippen LogP contribution >= 0.6 is 0 Å². The lowest BCUT2D eigenvalue weighted by Gasteiger charge is -2.03. The van der Waals surface area contributed by atoms with Crippen molar-refractivity contribution in [2.24, 2.45) is 0 Å². The summed E-state index contributed by atoms with van der Waals surface area (Å²) in [6.45, 7) is 5.90. The topological polar surface area (TPSA) is 37.3 Å². The predicted molar refractivity (Wildman–Crippen MR) is 124 cm³/mol. The van der Waals surface area contributed by atoms with Crippen LogP contribution in [0, 0.1) is 0 Å². The summed E-state index contributed by atoms with van der Waals surface area (Å²) in [7, 11) is 0. The number of carbonyl (C=O) groups is 1. The number of aliphatic carboxylic acids is 1. The lowest BCUT2D eigenvalue weighted by molar-refractivity contribution is -0.137. The molecule has 0 radical (unpaired) electrons. The summed E-state index contributed by atoms with van der Waals surface area (Å²) in [5.41, 5.74) is 1.17. The highest BCUT2D eigenvalue weighted by molar-refractivity contribution is 5.66. The molecule has 0 amide bonds. The van der Waals surface area contributed by atoms with Crippen LogP contribution in [0.15, 0.2) is 36.9 Å². The number of hydrogen-bond donors (Lipinski definition) is 1. The van der Waals surface area contributed by atoms with Crippen molar-refractivity contribution in [3.63, 3.8) is 0 Å². The van der Waals surface area contributed by atoms with E-state index in [2.05, 4.69) is 13.5 Å². The Morgan fingerprint density at radius 2 is 1.14 bits per heavy atom. The highest BCUT2D eigenvalue weighted by Crippen LogP contribution is 2.13. The van der Waals surface area contributed by atoms with Gasteiger partial charge in [0, 0.05) is 6.42 Å². The Morgan fingerprint density at radius 3 is 1.46 bits per heavy atom. The SMILES string of the molecule is C=Cc1ccccc1.CCCCCCCCCCCCCCCCCC(=O)O. The molecule has 0 aromatic heterocycles. The first-order valence-electron chi connectivity index (χ1n) is 11.6. The molecule has 0 saturated carbocycles. The zero-order valence-corrected chi connectivity index (χ0v) is 18.3. The third kappa shape index (κ3) is 20.7. The van der Waals surface area contributed by atoms with Crippen LogP contribution in [0.3, 0.4) is 0 Å². The monoisotopic (exact) mass is 388 g/mol. The van der Waals surface area contributed by atoms with Crippen molar-refractivity contribution in [2.45, 2.75) is 110 Å². The molecule has 0 fully saturated rings. The van der Waals surface area contributed by atoms with Crippen molar-refractivity contribution >= 4 is 12.0 Å². The van der Waals surface area contributed by atoms with Crippen LogP contribution in [-0.4, -0.2) is 11.1 Å². The number of rotatable bonds is 17. The van der Waals surface area contributed by atoms with Gasteiger partial charge in [0.05, 0.1) is 0 Å². The average Bonchev–Trinajstić information content (AvgIpc) is 2.72. The van der Waals surface area contributed by atoms with Gasteiger partial charge in [-0.15, -0.1) is 0 Å². The van der Waals surface area contributed by atoms with Crippen molar-refractivity contribution < 1.29 is 9.90 Å². The summed E-state index contributed by atoms with van der Waals surface area (Å²) < 4.78 is 0. The first-order valence-corrected chi connectivity index (χ1v) is 11.6. The second-order valence-corrected chi connectivity index (χ2v) is 7.71. The lowest BCUT2D eigenvalue weighted by atomic mass is 10.0. The predicted octanol–water partition coefficient (Wildman–Crippen LogP) is 8.66. The molecule has 0 aliphatic heterocycles. The van der Waals surface area contributed by atoms with E-state index >= 15 is 0 Å². The Bertz CT molecular complexity index is 453. The fourth-order valence-corrected chi connectivity index (χ4v) is 3.24. The smallest absolute Gasteiger partial charge is 0.303 e. The van der Waals surface area contributed by atoms with Gasteiger partial charge in [-0.2, -0.15) is 0 Å². The van der Waals surface area contributed by atoms with E-state index in [0.717, 1.165) is 12.8 Å². The lowest BCUT2D eigenvalue weighted by Crippen LogP contribution is -1.93. The molecular formula is C26H44O2. The van der Waals surface area contributed by atoms with Gasteiger partial charge in [0.2, 0.25) is 0 Å². The Kier molecular flexibility index (Phi) is 20.5. The van der Waals surface area contributed by atoms with Gasteiger partial charge in [-0.25, -0.2) is 0 Å². The van der Waals surface area contributed by atoms with Crippen molar-refractivity contribution in [2.75, 3.05) is 0 Å². The molecule has 1 aromatic carbocycles. The third-order valence-electron chi connectivity index (χ3n) is 5.03. The molecule has 1 aromatic rings.